The van der Waals surface area contributed by atoms with Gasteiger partial charge in [-0.05, 0) is 43.7 Å². The molecule has 0 aromatic rings. The van der Waals surface area contributed by atoms with Crippen LogP contribution in [0.4, 0.5) is 0 Å². The highest BCUT2D eigenvalue weighted by atomic mass is 32.2. The first-order valence-corrected chi connectivity index (χ1v) is 7.67. The highest BCUT2D eigenvalue weighted by molar-refractivity contribution is 7.99. The molecule has 0 aliphatic carbocycles. The Bertz CT molecular complexity index is 217. The Morgan fingerprint density at radius 3 is 2.53 bits per heavy atom. The van der Waals surface area contributed by atoms with Gasteiger partial charge in [0.1, 0.15) is 5.54 Å². The highest BCUT2D eigenvalue weighted by Gasteiger charge is 2.33. The quantitative estimate of drug-likeness (QED) is 0.594. The first-order valence-electron chi connectivity index (χ1n) is 6.52. The van der Waals surface area contributed by atoms with Crippen molar-refractivity contribution in [2.45, 2.75) is 52.0 Å². The fraction of sp³-hybridized carbons (Fsp3) is 0.923. The Morgan fingerprint density at radius 2 is 2.12 bits per heavy atom. The Hall–Kier alpha value is -0.220. The number of nitrogens with one attached hydrogen (secondary N) is 1. The maximum absolute atomic E-state index is 11.2. The normalized spacial score (nSPS) is 16.5. The van der Waals surface area contributed by atoms with Gasteiger partial charge in [-0.2, -0.15) is 11.8 Å². The molecule has 0 radical (unpaired) electrons. The number of hydrogen-bond acceptors (Lipinski definition) is 3. The van der Waals surface area contributed by atoms with Gasteiger partial charge in [-0.25, -0.2) is 0 Å². The van der Waals surface area contributed by atoms with Crippen molar-refractivity contribution < 1.29 is 9.90 Å². The first kappa shape index (κ1) is 16.8. The third kappa shape index (κ3) is 5.77. The van der Waals surface area contributed by atoms with Crippen LogP contribution in [0, 0.1) is 5.92 Å². The maximum atomic E-state index is 11.2. The van der Waals surface area contributed by atoms with Crippen LogP contribution in [-0.2, 0) is 4.79 Å². The monoisotopic (exact) mass is 261 g/mol. The summed E-state index contributed by atoms with van der Waals surface area (Å²) in [4.78, 5) is 11.2. The van der Waals surface area contributed by atoms with Crippen molar-refractivity contribution in [3.05, 3.63) is 0 Å². The zero-order valence-electron chi connectivity index (χ0n) is 11.6. The molecule has 0 aliphatic rings. The summed E-state index contributed by atoms with van der Waals surface area (Å²) in [6.07, 6.45) is 3.53. The van der Waals surface area contributed by atoms with Gasteiger partial charge in [0.05, 0.1) is 0 Å². The standard InChI is InChI=1S/C13H27NO2S/c1-5-11(3)10-17-9-7-8-13(6-2,14-4)12(15)16/h11,14H,5-10H2,1-4H3,(H,15,16). The number of carbonyl (C=O) groups is 1. The second-order valence-corrected chi connectivity index (χ2v) is 5.83. The SMILES string of the molecule is CCC(C)CSCCCC(CC)(NC)C(=O)O. The minimum absolute atomic E-state index is 0.634. The molecule has 4 heteroatoms. The van der Waals surface area contributed by atoms with E-state index in [0.717, 1.165) is 18.1 Å². The van der Waals surface area contributed by atoms with Gasteiger partial charge in [-0.15, -0.1) is 0 Å². The zero-order valence-corrected chi connectivity index (χ0v) is 12.4. The summed E-state index contributed by atoms with van der Waals surface area (Å²) in [6, 6.07) is 0. The molecule has 3 nitrogen and oxygen atoms in total. The molecule has 0 saturated heterocycles. The van der Waals surface area contributed by atoms with Crippen LogP contribution in [0.5, 0.6) is 0 Å². The molecule has 2 atom stereocenters. The van der Waals surface area contributed by atoms with Crippen molar-refractivity contribution in [3.63, 3.8) is 0 Å². The summed E-state index contributed by atoms with van der Waals surface area (Å²) < 4.78 is 0. The smallest absolute Gasteiger partial charge is 0.323 e. The van der Waals surface area contributed by atoms with Gasteiger partial charge < -0.3 is 10.4 Å². The fourth-order valence-electron chi connectivity index (χ4n) is 1.72. The maximum Gasteiger partial charge on any atom is 0.323 e. The first-order chi connectivity index (χ1) is 8.02. The molecular weight excluding hydrogens is 234 g/mol. The number of carboxylic acids is 1. The van der Waals surface area contributed by atoms with Crippen molar-refractivity contribution in [2.24, 2.45) is 5.92 Å². The van der Waals surface area contributed by atoms with E-state index in [-0.39, 0.29) is 0 Å². The van der Waals surface area contributed by atoms with Crippen molar-refractivity contribution in [1.82, 2.24) is 5.32 Å². The van der Waals surface area contributed by atoms with Crippen LogP contribution in [0.2, 0.25) is 0 Å². The molecule has 0 bridgehead atoms. The molecule has 0 rings (SSSR count). The van der Waals surface area contributed by atoms with E-state index in [1.54, 1.807) is 7.05 Å². The Morgan fingerprint density at radius 1 is 1.47 bits per heavy atom. The predicted octanol–water partition coefficient (Wildman–Crippen LogP) is 3.00. The molecule has 0 amide bonds. The number of aliphatic carboxylic acids is 1. The van der Waals surface area contributed by atoms with Gasteiger partial charge in [0.25, 0.3) is 0 Å². The molecule has 0 aliphatic heterocycles. The van der Waals surface area contributed by atoms with Crippen LogP contribution in [0.3, 0.4) is 0 Å². The topological polar surface area (TPSA) is 49.3 Å². The Labute approximate surface area is 110 Å². The highest BCUT2D eigenvalue weighted by Crippen LogP contribution is 2.20. The third-order valence-electron chi connectivity index (χ3n) is 3.48. The van der Waals surface area contributed by atoms with Crippen LogP contribution in [0.25, 0.3) is 0 Å². The van der Waals surface area contributed by atoms with Crippen LogP contribution in [0.1, 0.15) is 46.5 Å². The average molecular weight is 261 g/mol. The molecule has 2 unspecified atom stereocenters. The van der Waals surface area contributed by atoms with Crippen LogP contribution >= 0.6 is 11.8 Å². The number of thioether (sulfide) groups is 1. The summed E-state index contributed by atoms with van der Waals surface area (Å²) in [5.74, 6) is 2.28. The molecule has 0 aromatic heterocycles. The van der Waals surface area contributed by atoms with E-state index < -0.39 is 11.5 Å². The van der Waals surface area contributed by atoms with Crippen molar-refractivity contribution in [1.29, 1.82) is 0 Å². The number of hydrogen-bond donors (Lipinski definition) is 2. The lowest BCUT2D eigenvalue weighted by Crippen LogP contribution is -2.49. The van der Waals surface area contributed by atoms with Crippen LogP contribution < -0.4 is 5.32 Å². The summed E-state index contributed by atoms with van der Waals surface area (Å²) in [7, 11) is 1.74. The largest absolute Gasteiger partial charge is 0.480 e. The summed E-state index contributed by atoms with van der Waals surface area (Å²) in [6.45, 7) is 6.39. The molecule has 102 valence electrons. The number of rotatable bonds is 10. The van der Waals surface area contributed by atoms with Gasteiger partial charge in [-0.1, -0.05) is 27.2 Å². The lowest BCUT2D eigenvalue weighted by atomic mass is 9.91. The molecule has 0 aromatic carbocycles. The minimum Gasteiger partial charge on any atom is -0.480 e. The van der Waals surface area contributed by atoms with Gasteiger partial charge in [0.15, 0.2) is 0 Å². The van der Waals surface area contributed by atoms with Crippen molar-refractivity contribution >= 4 is 17.7 Å². The van der Waals surface area contributed by atoms with E-state index in [0.29, 0.717) is 12.8 Å². The summed E-state index contributed by atoms with van der Waals surface area (Å²) >= 11 is 1.94. The Balaban J connectivity index is 3.88. The molecule has 0 spiro atoms. The molecular formula is C13H27NO2S. The molecule has 0 saturated carbocycles. The summed E-state index contributed by atoms with van der Waals surface area (Å²) in [5, 5.41) is 12.2. The third-order valence-corrected chi connectivity index (χ3v) is 4.87. The fourth-order valence-corrected chi connectivity index (χ4v) is 2.88. The zero-order chi connectivity index (χ0) is 13.3. The Kier molecular flexibility index (Phi) is 8.70. The second-order valence-electron chi connectivity index (χ2n) is 4.68. The van der Waals surface area contributed by atoms with E-state index in [2.05, 4.69) is 19.2 Å². The number of likely N-dealkylation sites (N-methyl/N-ethyl adjacent to an activating group) is 1. The second kappa shape index (κ2) is 8.81. The van der Waals surface area contributed by atoms with Crippen LogP contribution in [-0.4, -0.2) is 35.2 Å². The van der Waals surface area contributed by atoms with Crippen LogP contribution in [0.15, 0.2) is 0 Å². The molecule has 0 heterocycles. The van der Waals surface area contributed by atoms with E-state index in [1.165, 1.54) is 12.2 Å². The van der Waals surface area contributed by atoms with Crippen molar-refractivity contribution in [3.8, 4) is 0 Å². The van der Waals surface area contributed by atoms with Gasteiger partial charge >= 0.3 is 5.97 Å². The van der Waals surface area contributed by atoms with E-state index in [9.17, 15) is 9.90 Å². The molecule has 2 N–H and O–H groups in total. The average Bonchev–Trinajstić information content (AvgIpc) is 2.33. The lowest BCUT2D eigenvalue weighted by Gasteiger charge is -2.27. The van der Waals surface area contributed by atoms with E-state index >= 15 is 0 Å². The van der Waals surface area contributed by atoms with Crippen molar-refractivity contribution in [2.75, 3.05) is 18.6 Å². The van der Waals surface area contributed by atoms with Gasteiger partial charge in [-0.3, -0.25) is 4.79 Å². The lowest BCUT2D eigenvalue weighted by molar-refractivity contribution is -0.145. The molecule has 0 fully saturated rings. The number of carboxylic acid groups (broad SMARTS) is 1. The van der Waals surface area contributed by atoms with E-state index in [4.69, 9.17) is 0 Å². The van der Waals surface area contributed by atoms with E-state index in [1.807, 2.05) is 18.7 Å². The predicted molar refractivity (Wildman–Crippen MR) is 75.7 cm³/mol. The summed E-state index contributed by atoms with van der Waals surface area (Å²) in [5.41, 5.74) is -0.725. The van der Waals surface area contributed by atoms with Gasteiger partial charge in [0, 0.05) is 0 Å². The van der Waals surface area contributed by atoms with Gasteiger partial charge in [0.2, 0.25) is 0 Å². The molecule has 17 heavy (non-hydrogen) atoms. The minimum atomic E-state index is -0.727.